The van der Waals surface area contributed by atoms with Crippen molar-refractivity contribution in [2.75, 3.05) is 7.11 Å². The zero-order valence-electron chi connectivity index (χ0n) is 6.97. The zero-order valence-corrected chi connectivity index (χ0v) is 8.56. The SMILES string of the molecule is COc1cc(O)c(CN)c(F)c1Br. The van der Waals surface area contributed by atoms with Crippen molar-refractivity contribution >= 4 is 15.9 Å². The van der Waals surface area contributed by atoms with Crippen LogP contribution in [-0.4, -0.2) is 12.2 Å². The Labute approximate surface area is 83.4 Å². The molecule has 0 radical (unpaired) electrons. The van der Waals surface area contributed by atoms with Crippen LogP contribution < -0.4 is 10.5 Å². The van der Waals surface area contributed by atoms with Gasteiger partial charge in [-0.15, -0.1) is 0 Å². The van der Waals surface area contributed by atoms with Crippen LogP contribution in [0, 0.1) is 5.82 Å². The van der Waals surface area contributed by atoms with Crippen molar-refractivity contribution in [3.63, 3.8) is 0 Å². The van der Waals surface area contributed by atoms with E-state index in [0.717, 1.165) is 0 Å². The maximum absolute atomic E-state index is 13.3. The van der Waals surface area contributed by atoms with Gasteiger partial charge in [0.15, 0.2) is 0 Å². The molecule has 0 amide bonds. The van der Waals surface area contributed by atoms with Crippen molar-refractivity contribution in [2.24, 2.45) is 5.73 Å². The topological polar surface area (TPSA) is 55.5 Å². The van der Waals surface area contributed by atoms with E-state index in [1.807, 2.05) is 0 Å². The summed E-state index contributed by atoms with van der Waals surface area (Å²) in [6, 6.07) is 1.31. The minimum absolute atomic E-state index is 0.0553. The standard InChI is InChI=1S/C8H9BrFNO2/c1-13-6-2-5(12)4(3-11)8(10)7(6)9/h2,12H,3,11H2,1H3. The number of methoxy groups -OCH3 is 1. The first-order valence-electron chi connectivity index (χ1n) is 3.55. The number of nitrogens with two attached hydrogens (primary N) is 1. The highest BCUT2D eigenvalue weighted by Crippen LogP contribution is 2.35. The fourth-order valence-corrected chi connectivity index (χ4v) is 1.49. The Morgan fingerprint density at radius 3 is 2.77 bits per heavy atom. The Morgan fingerprint density at radius 2 is 2.31 bits per heavy atom. The molecule has 0 saturated carbocycles. The number of aromatic hydroxyl groups is 1. The van der Waals surface area contributed by atoms with Crippen molar-refractivity contribution < 1.29 is 14.2 Å². The summed E-state index contributed by atoms with van der Waals surface area (Å²) in [6.45, 7) is -0.0553. The number of phenolic OH excluding ortho intramolecular Hbond substituents is 1. The summed E-state index contributed by atoms with van der Waals surface area (Å²) in [5.74, 6) is -0.536. The lowest BCUT2D eigenvalue weighted by molar-refractivity contribution is 0.396. The monoisotopic (exact) mass is 249 g/mol. The molecular weight excluding hydrogens is 241 g/mol. The van der Waals surface area contributed by atoms with Crippen LogP contribution in [0.15, 0.2) is 10.5 Å². The van der Waals surface area contributed by atoms with Crippen molar-refractivity contribution in [3.05, 3.63) is 21.9 Å². The molecule has 0 aliphatic rings. The van der Waals surface area contributed by atoms with E-state index in [-0.39, 0.29) is 28.1 Å². The summed E-state index contributed by atoms with van der Waals surface area (Å²) in [6.07, 6.45) is 0. The summed E-state index contributed by atoms with van der Waals surface area (Å²) < 4.78 is 18.3. The fourth-order valence-electron chi connectivity index (χ4n) is 0.970. The molecule has 0 aliphatic carbocycles. The van der Waals surface area contributed by atoms with Crippen molar-refractivity contribution in [2.45, 2.75) is 6.54 Å². The Bertz CT molecular complexity index is 330. The third kappa shape index (κ3) is 1.76. The first-order valence-corrected chi connectivity index (χ1v) is 4.35. The van der Waals surface area contributed by atoms with Gasteiger partial charge in [-0.2, -0.15) is 0 Å². The predicted molar refractivity (Wildman–Crippen MR) is 50.2 cm³/mol. The van der Waals surface area contributed by atoms with E-state index in [1.54, 1.807) is 0 Å². The largest absolute Gasteiger partial charge is 0.507 e. The lowest BCUT2D eigenvalue weighted by Crippen LogP contribution is -2.02. The number of phenols is 1. The number of hydrogen-bond acceptors (Lipinski definition) is 3. The molecule has 3 N–H and O–H groups in total. The Hall–Kier alpha value is -0.810. The van der Waals surface area contributed by atoms with Gasteiger partial charge in [-0.1, -0.05) is 0 Å². The third-order valence-electron chi connectivity index (χ3n) is 1.68. The van der Waals surface area contributed by atoms with Crippen molar-refractivity contribution in [3.8, 4) is 11.5 Å². The van der Waals surface area contributed by atoms with Gasteiger partial charge in [0.1, 0.15) is 17.3 Å². The first-order chi connectivity index (χ1) is 6.11. The Kier molecular flexibility index (Phi) is 3.11. The second-order valence-electron chi connectivity index (χ2n) is 2.41. The highest BCUT2D eigenvalue weighted by molar-refractivity contribution is 9.10. The van der Waals surface area contributed by atoms with Gasteiger partial charge in [-0.05, 0) is 15.9 Å². The molecule has 72 valence electrons. The van der Waals surface area contributed by atoms with Crippen LogP contribution in [0.25, 0.3) is 0 Å². The molecule has 0 spiro atoms. The maximum Gasteiger partial charge on any atom is 0.149 e. The molecule has 0 aromatic heterocycles. The summed E-state index contributed by atoms with van der Waals surface area (Å²) in [7, 11) is 1.39. The van der Waals surface area contributed by atoms with Gasteiger partial charge in [-0.3, -0.25) is 0 Å². The average molecular weight is 250 g/mol. The van der Waals surface area contributed by atoms with E-state index in [0.29, 0.717) is 0 Å². The van der Waals surface area contributed by atoms with Gasteiger partial charge in [-0.25, -0.2) is 4.39 Å². The molecule has 0 atom stereocenters. The highest BCUT2D eigenvalue weighted by Gasteiger charge is 2.15. The molecule has 0 aliphatic heterocycles. The predicted octanol–water partition coefficient (Wildman–Crippen LogP) is 1.76. The molecule has 0 saturated heterocycles. The van der Waals surface area contributed by atoms with E-state index in [4.69, 9.17) is 10.5 Å². The van der Waals surface area contributed by atoms with E-state index >= 15 is 0 Å². The smallest absolute Gasteiger partial charge is 0.149 e. The van der Waals surface area contributed by atoms with Crippen LogP contribution in [0.1, 0.15) is 5.56 Å². The lowest BCUT2D eigenvalue weighted by atomic mass is 10.2. The number of halogens is 2. The van der Waals surface area contributed by atoms with Gasteiger partial charge in [0.2, 0.25) is 0 Å². The molecule has 1 aromatic rings. The molecule has 5 heteroatoms. The summed E-state index contributed by atoms with van der Waals surface area (Å²) in [5, 5.41) is 9.31. The minimum atomic E-state index is -0.584. The summed E-state index contributed by atoms with van der Waals surface area (Å²) >= 11 is 3.00. The second-order valence-corrected chi connectivity index (χ2v) is 3.20. The van der Waals surface area contributed by atoms with Crippen LogP contribution in [0.2, 0.25) is 0 Å². The molecule has 1 rings (SSSR count). The number of ether oxygens (including phenoxy) is 1. The lowest BCUT2D eigenvalue weighted by Gasteiger charge is -2.09. The minimum Gasteiger partial charge on any atom is -0.507 e. The molecule has 0 fully saturated rings. The van der Waals surface area contributed by atoms with E-state index in [9.17, 15) is 9.50 Å². The molecule has 13 heavy (non-hydrogen) atoms. The van der Waals surface area contributed by atoms with Crippen molar-refractivity contribution in [1.29, 1.82) is 0 Å². The highest BCUT2D eigenvalue weighted by atomic mass is 79.9. The maximum atomic E-state index is 13.3. The third-order valence-corrected chi connectivity index (χ3v) is 2.41. The molecule has 1 aromatic carbocycles. The quantitative estimate of drug-likeness (QED) is 0.840. The number of hydrogen-bond donors (Lipinski definition) is 2. The normalized spacial score (nSPS) is 10.2. The van der Waals surface area contributed by atoms with Crippen molar-refractivity contribution in [1.82, 2.24) is 0 Å². The number of benzene rings is 1. The van der Waals surface area contributed by atoms with Crippen LogP contribution >= 0.6 is 15.9 Å². The van der Waals surface area contributed by atoms with Crippen LogP contribution in [0.4, 0.5) is 4.39 Å². The number of rotatable bonds is 2. The van der Waals surface area contributed by atoms with Gasteiger partial charge in [0, 0.05) is 18.2 Å². The van der Waals surface area contributed by atoms with Gasteiger partial charge < -0.3 is 15.6 Å². The van der Waals surface area contributed by atoms with E-state index in [2.05, 4.69) is 15.9 Å². The molecule has 0 unspecified atom stereocenters. The molecular formula is C8H9BrFNO2. The fraction of sp³-hybridized carbons (Fsp3) is 0.250. The van der Waals surface area contributed by atoms with Gasteiger partial charge in [0.25, 0.3) is 0 Å². The average Bonchev–Trinajstić information content (AvgIpc) is 2.12. The summed E-state index contributed by atoms with van der Waals surface area (Å²) in [4.78, 5) is 0. The van der Waals surface area contributed by atoms with E-state index < -0.39 is 5.82 Å². The van der Waals surface area contributed by atoms with Crippen LogP contribution in [0.5, 0.6) is 11.5 Å². The molecule has 0 heterocycles. The van der Waals surface area contributed by atoms with Gasteiger partial charge >= 0.3 is 0 Å². The van der Waals surface area contributed by atoms with Crippen LogP contribution in [0.3, 0.4) is 0 Å². The second kappa shape index (κ2) is 3.93. The molecule has 3 nitrogen and oxygen atoms in total. The zero-order chi connectivity index (χ0) is 10.0. The van der Waals surface area contributed by atoms with E-state index in [1.165, 1.54) is 13.2 Å². The molecule has 0 bridgehead atoms. The Balaban J connectivity index is 3.37. The van der Waals surface area contributed by atoms with Gasteiger partial charge in [0.05, 0.1) is 11.6 Å². The first kappa shape index (κ1) is 10.3. The summed E-state index contributed by atoms with van der Waals surface area (Å²) in [5.41, 5.74) is 5.33. The Morgan fingerprint density at radius 1 is 1.69 bits per heavy atom. The van der Waals surface area contributed by atoms with Crippen LogP contribution in [-0.2, 0) is 6.54 Å².